The number of nitrogens with one attached hydrogen (secondary N) is 1. The molecule has 0 bridgehead atoms. The Kier molecular flexibility index (Phi) is 3.66. The third kappa shape index (κ3) is 2.86. The lowest BCUT2D eigenvalue weighted by atomic mass is 9.82. The first-order valence-electron chi connectivity index (χ1n) is 6.04. The SMILES string of the molecule is CC(NCC1(C)CCOCC1)c1ccco1. The monoisotopic (exact) mass is 223 g/mol. The molecule has 0 aliphatic carbocycles. The van der Waals surface area contributed by atoms with Crippen LogP contribution in [0, 0.1) is 5.41 Å². The second kappa shape index (κ2) is 5.02. The number of hydrogen-bond acceptors (Lipinski definition) is 3. The molecule has 3 nitrogen and oxygen atoms in total. The molecule has 1 fully saturated rings. The van der Waals surface area contributed by atoms with Gasteiger partial charge in [-0.25, -0.2) is 0 Å². The number of hydrogen-bond donors (Lipinski definition) is 1. The fourth-order valence-corrected chi connectivity index (χ4v) is 2.08. The fraction of sp³-hybridized carbons (Fsp3) is 0.692. The maximum Gasteiger partial charge on any atom is 0.120 e. The Morgan fingerprint density at radius 1 is 1.44 bits per heavy atom. The highest BCUT2D eigenvalue weighted by molar-refractivity contribution is 5.03. The van der Waals surface area contributed by atoms with E-state index in [1.165, 1.54) is 0 Å². The molecule has 0 aromatic carbocycles. The molecule has 0 spiro atoms. The Morgan fingerprint density at radius 3 is 2.81 bits per heavy atom. The lowest BCUT2D eigenvalue weighted by Gasteiger charge is -2.34. The van der Waals surface area contributed by atoms with E-state index in [1.54, 1.807) is 6.26 Å². The van der Waals surface area contributed by atoms with Crippen molar-refractivity contribution < 1.29 is 9.15 Å². The van der Waals surface area contributed by atoms with Crippen LogP contribution in [0.4, 0.5) is 0 Å². The molecule has 2 rings (SSSR count). The molecule has 1 aromatic heterocycles. The van der Waals surface area contributed by atoms with Gasteiger partial charge >= 0.3 is 0 Å². The molecule has 0 amide bonds. The maximum atomic E-state index is 5.40. The van der Waals surface area contributed by atoms with Crippen molar-refractivity contribution in [3.8, 4) is 0 Å². The summed E-state index contributed by atoms with van der Waals surface area (Å²) in [5.74, 6) is 1.01. The van der Waals surface area contributed by atoms with E-state index in [1.807, 2.05) is 12.1 Å². The molecule has 1 saturated heterocycles. The second-order valence-corrected chi connectivity index (χ2v) is 5.04. The van der Waals surface area contributed by atoms with Gasteiger partial charge in [0.15, 0.2) is 0 Å². The van der Waals surface area contributed by atoms with Crippen LogP contribution in [0.25, 0.3) is 0 Å². The first-order valence-corrected chi connectivity index (χ1v) is 6.04. The van der Waals surface area contributed by atoms with Gasteiger partial charge in [0, 0.05) is 19.8 Å². The molecule has 3 heteroatoms. The normalized spacial score (nSPS) is 21.9. The molecule has 1 N–H and O–H groups in total. The molecule has 1 aliphatic rings. The van der Waals surface area contributed by atoms with Crippen LogP contribution in [-0.4, -0.2) is 19.8 Å². The Hall–Kier alpha value is -0.800. The Labute approximate surface area is 97.2 Å². The van der Waals surface area contributed by atoms with Crippen molar-refractivity contribution in [2.45, 2.75) is 32.7 Å². The summed E-state index contributed by atoms with van der Waals surface area (Å²) >= 11 is 0. The van der Waals surface area contributed by atoms with Crippen LogP contribution in [-0.2, 0) is 4.74 Å². The summed E-state index contributed by atoms with van der Waals surface area (Å²) in [6.45, 7) is 7.29. The Morgan fingerprint density at radius 2 is 2.19 bits per heavy atom. The average Bonchev–Trinajstić information content (AvgIpc) is 2.80. The van der Waals surface area contributed by atoms with Crippen molar-refractivity contribution in [2.24, 2.45) is 5.41 Å². The van der Waals surface area contributed by atoms with E-state index < -0.39 is 0 Å². The van der Waals surface area contributed by atoms with Gasteiger partial charge in [-0.3, -0.25) is 0 Å². The van der Waals surface area contributed by atoms with Crippen LogP contribution in [0.1, 0.15) is 38.5 Å². The minimum Gasteiger partial charge on any atom is -0.468 e. The molecule has 90 valence electrons. The molecule has 2 heterocycles. The van der Waals surface area contributed by atoms with Crippen LogP contribution in [0.15, 0.2) is 22.8 Å². The van der Waals surface area contributed by atoms with E-state index >= 15 is 0 Å². The Bertz CT molecular complexity index is 302. The minimum absolute atomic E-state index is 0.287. The average molecular weight is 223 g/mol. The molecule has 1 aliphatic heterocycles. The highest BCUT2D eigenvalue weighted by Gasteiger charge is 2.27. The predicted molar refractivity (Wildman–Crippen MR) is 63.3 cm³/mol. The number of furan rings is 1. The lowest BCUT2D eigenvalue weighted by Crippen LogP contribution is -2.37. The molecular weight excluding hydrogens is 202 g/mol. The van der Waals surface area contributed by atoms with E-state index in [9.17, 15) is 0 Å². The van der Waals surface area contributed by atoms with E-state index in [0.717, 1.165) is 38.4 Å². The maximum absolute atomic E-state index is 5.40. The number of rotatable bonds is 4. The summed E-state index contributed by atoms with van der Waals surface area (Å²) in [6, 6.07) is 4.24. The molecule has 1 unspecified atom stereocenters. The highest BCUT2D eigenvalue weighted by atomic mass is 16.5. The molecule has 1 atom stereocenters. The van der Waals surface area contributed by atoms with Crippen LogP contribution in [0.5, 0.6) is 0 Å². The minimum atomic E-state index is 0.287. The van der Waals surface area contributed by atoms with Gasteiger partial charge in [0.2, 0.25) is 0 Å². The van der Waals surface area contributed by atoms with Crippen molar-refractivity contribution in [2.75, 3.05) is 19.8 Å². The molecule has 0 saturated carbocycles. The third-order valence-electron chi connectivity index (χ3n) is 3.50. The van der Waals surface area contributed by atoms with Crippen molar-refractivity contribution in [1.29, 1.82) is 0 Å². The van der Waals surface area contributed by atoms with E-state index in [2.05, 4.69) is 19.2 Å². The first-order chi connectivity index (χ1) is 7.70. The predicted octanol–water partition coefficient (Wildman–Crippen LogP) is 2.75. The van der Waals surface area contributed by atoms with Crippen LogP contribution < -0.4 is 5.32 Å². The third-order valence-corrected chi connectivity index (χ3v) is 3.50. The molecular formula is C13H21NO2. The fourth-order valence-electron chi connectivity index (χ4n) is 2.08. The second-order valence-electron chi connectivity index (χ2n) is 5.04. The molecule has 16 heavy (non-hydrogen) atoms. The van der Waals surface area contributed by atoms with Gasteiger partial charge in [0.05, 0.1) is 12.3 Å². The largest absolute Gasteiger partial charge is 0.468 e. The van der Waals surface area contributed by atoms with Crippen LogP contribution in [0.3, 0.4) is 0 Å². The van der Waals surface area contributed by atoms with Crippen LogP contribution >= 0.6 is 0 Å². The number of ether oxygens (including phenoxy) is 1. The van der Waals surface area contributed by atoms with Gasteiger partial charge < -0.3 is 14.5 Å². The van der Waals surface area contributed by atoms with Crippen molar-refractivity contribution in [3.05, 3.63) is 24.2 Å². The van der Waals surface area contributed by atoms with Gasteiger partial charge in [-0.15, -0.1) is 0 Å². The van der Waals surface area contributed by atoms with E-state index in [4.69, 9.17) is 9.15 Å². The van der Waals surface area contributed by atoms with Gasteiger partial charge in [0.1, 0.15) is 5.76 Å². The van der Waals surface area contributed by atoms with Gasteiger partial charge in [-0.2, -0.15) is 0 Å². The van der Waals surface area contributed by atoms with Gasteiger partial charge in [-0.05, 0) is 37.3 Å². The molecule has 0 radical (unpaired) electrons. The zero-order valence-corrected chi connectivity index (χ0v) is 10.2. The summed E-state index contributed by atoms with van der Waals surface area (Å²) in [6.07, 6.45) is 4.01. The van der Waals surface area contributed by atoms with E-state index in [0.29, 0.717) is 5.41 Å². The van der Waals surface area contributed by atoms with Crippen molar-refractivity contribution in [1.82, 2.24) is 5.32 Å². The summed E-state index contributed by atoms with van der Waals surface area (Å²) < 4.78 is 10.8. The smallest absolute Gasteiger partial charge is 0.120 e. The standard InChI is InChI=1S/C13H21NO2/c1-11(12-4-3-7-16-12)14-10-13(2)5-8-15-9-6-13/h3-4,7,11,14H,5-6,8-10H2,1-2H3. The topological polar surface area (TPSA) is 34.4 Å². The van der Waals surface area contributed by atoms with E-state index in [-0.39, 0.29) is 6.04 Å². The summed E-state index contributed by atoms with van der Waals surface area (Å²) in [5, 5.41) is 3.55. The Balaban J connectivity index is 1.82. The molecule has 1 aromatic rings. The van der Waals surface area contributed by atoms with Crippen molar-refractivity contribution >= 4 is 0 Å². The summed E-state index contributed by atoms with van der Waals surface area (Å²) in [4.78, 5) is 0. The lowest BCUT2D eigenvalue weighted by molar-refractivity contribution is 0.0228. The summed E-state index contributed by atoms with van der Waals surface area (Å²) in [5.41, 5.74) is 0.374. The quantitative estimate of drug-likeness (QED) is 0.852. The zero-order valence-electron chi connectivity index (χ0n) is 10.2. The summed E-state index contributed by atoms with van der Waals surface area (Å²) in [7, 11) is 0. The first kappa shape index (κ1) is 11.7. The zero-order chi connectivity index (χ0) is 11.4. The van der Waals surface area contributed by atoms with Gasteiger partial charge in [0.25, 0.3) is 0 Å². The van der Waals surface area contributed by atoms with Crippen molar-refractivity contribution in [3.63, 3.8) is 0 Å². The van der Waals surface area contributed by atoms with Gasteiger partial charge in [-0.1, -0.05) is 6.92 Å². The van der Waals surface area contributed by atoms with Crippen LogP contribution in [0.2, 0.25) is 0 Å². The highest BCUT2D eigenvalue weighted by Crippen LogP contribution is 2.29.